The van der Waals surface area contributed by atoms with Crippen molar-refractivity contribution in [3.8, 4) is 28.6 Å². The Morgan fingerprint density at radius 3 is 2.43 bits per heavy atom. The molecular weight excluding hydrogens is 491 g/mol. The third-order valence-corrected chi connectivity index (χ3v) is 5.27. The maximum atomic E-state index is 13.5. The molecule has 0 spiro atoms. The Morgan fingerprint density at radius 2 is 1.77 bits per heavy atom. The number of carbonyl (C=O) groups is 1. The second kappa shape index (κ2) is 8.69. The van der Waals surface area contributed by atoms with Crippen molar-refractivity contribution in [3.05, 3.63) is 64.8 Å². The first-order chi connectivity index (χ1) is 16.4. The Labute approximate surface area is 201 Å². The SMILES string of the molecule is Cn1c(-c2ccccc2C(F)(F)F)nnc1C(C)(C)Oc1ccc(Cl)cc1-c1nnc(C(=O)O)o1. The highest BCUT2D eigenvalue weighted by Gasteiger charge is 2.36. The van der Waals surface area contributed by atoms with Gasteiger partial charge in [0, 0.05) is 17.6 Å². The average Bonchev–Trinajstić information content (AvgIpc) is 3.42. The molecule has 1 N–H and O–H groups in total. The largest absolute Gasteiger partial charge is 0.479 e. The number of hydrogen-bond donors (Lipinski definition) is 1. The van der Waals surface area contributed by atoms with Gasteiger partial charge < -0.3 is 18.8 Å². The predicted octanol–water partition coefficient (Wildman–Crippen LogP) is 5.22. The monoisotopic (exact) mass is 507 g/mol. The van der Waals surface area contributed by atoms with Gasteiger partial charge in [-0.05, 0) is 38.1 Å². The van der Waals surface area contributed by atoms with Crippen molar-refractivity contribution in [1.82, 2.24) is 25.0 Å². The molecule has 0 unspecified atom stereocenters. The van der Waals surface area contributed by atoms with Gasteiger partial charge in [-0.25, -0.2) is 4.79 Å². The number of rotatable bonds is 6. The summed E-state index contributed by atoms with van der Waals surface area (Å²) in [7, 11) is 1.53. The van der Waals surface area contributed by atoms with Crippen LogP contribution in [-0.4, -0.2) is 36.0 Å². The molecular formula is C22H17ClF3N5O4. The van der Waals surface area contributed by atoms with E-state index in [4.69, 9.17) is 25.9 Å². The molecule has 4 aromatic rings. The number of carboxylic acid groups (broad SMARTS) is 1. The minimum absolute atomic E-state index is 0.00364. The lowest BCUT2D eigenvalue weighted by Gasteiger charge is -2.26. The Kier molecular flexibility index (Phi) is 6.01. The van der Waals surface area contributed by atoms with Crippen LogP contribution in [0.2, 0.25) is 5.02 Å². The van der Waals surface area contributed by atoms with E-state index >= 15 is 0 Å². The van der Waals surface area contributed by atoms with E-state index < -0.39 is 29.2 Å². The number of aromatic nitrogens is 5. The number of halogens is 4. The van der Waals surface area contributed by atoms with E-state index in [0.717, 1.165) is 6.07 Å². The second-order valence-electron chi connectivity index (χ2n) is 7.92. The zero-order valence-electron chi connectivity index (χ0n) is 18.5. The standard InChI is InChI=1S/C22H17ClF3N5O4/c1-21(2,20-30-27-16(31(20)3)12-6-4-5-7-14(12)22(24,25)26)35-15-9-8-11(23)10-13(15)17-28-29-18(34-17)19(32)33/h4-10H,1-3H3,(H,32,33). The molecule has 0 aliphatic heterocycles. The maximum absolute atomic E-state index is 13.5. The summed E-state index contributed by atoms with van der Waals surface area (Å²) in [5.41, 5.74) is -1.97. The summed E-state index contributed by atoms with van der Waals surface area (Å²) in [4.78, 5) is 11.1. The van der Waals surface area contributed by atoms with Gasteiger partial charge >= 0.3 is 18.0 Å². The van der Waals surface area contributed by atoms with Gasteiger partial charge in [-0.3, -0.25) is 0 Å². The van der Waals surface area contributed by atoms with E-state index in [1.165, 1.54) is 48.0 Å². The highest BCUT2D eigenvalue weighted by atomic mass is 35.5. The summed E-state index contributed by atoms with van der Waals surface area (Å²) in [6.07, 6.45) is -4.58. The Morgan fingerprint density at radius 1 is 1.06 bits per heavy atom. The number of benzene rings is 2. The fraction of sp³-hybridized carbons (Fsp3) is 0.227. The molecule has 0 fully saturated rings. The van der Waals surface area contributed by atoms with E-state index in [1.807, 2.05) is 0 Å². The number of hydrogen-bond acceptors (Lipinski definition) is 7. The molecule has 2 aromatic carbocycles. The fourth-order valence-corrected chi connectivity index (χ4v) is 3.68. The van der Waals surface area contributed by atoms with Crippen LogP contribution >= 0.6 is 11.6 Å². The van der Waals surface area contributed by atoms with Crippen LogP contribution in [0.1, 0.15) is 35.9 Å². The van der Waals surface area contributed by atoms with E-state index in [0.29, 0.717) is 5.02 Å². The van der Waals surface area contributed by atoms with Crippen LogP contribution in [0, 0.1) is 0 Å². The minimum atomic E-state index is -4.58. The first kappa shape index (κ1) is 24.2. The molecule has 182 valence electrons. The Balaban J connectivity index is 1.73. The number of alkyl halides is 3. The molecule has 9 nitrogen and oxygen atoms in total. The van der Waals surface area contributed by atoms with Crippen molar-refractivity contribution in [2.45, 2.75) is 25.6 Å². The van der Waals surface area contributed by atoms with Gasteiger partial charge in [-0.2, -0.15) is 13.2 Å². The van der Waals surface area contributed by atoms with Gasteiger partial charge in [-0.1, -0.05) is 29.8 Å². The molecule has 0 radical (unpaired) electrons. The second-order valence-corrected chi connectivity index (χ2v) is 8.36. The minimum Gasteiger partial charge on any atom is -0.479 e. The molecule has 0 aliphatic carbocycles. The van der Waals surface area contributed by atoms with Crippen LogP contribution in [0.5, 0.6) is 5.75 Å². The van der Waals surface area contributed by atoms with Crippen LogP contribution in [0.3, 0.4) is 0 Å². The molecule has 0 atom stereocenters. The van der Waals surface area contributed by atoms with Gasteiger partial charge in [0.15, 0.2) is 17.2 Å². The summed E-state index contributed by atoms with van der Waals surface area (Å²) >= 11 is 6.09. The first-order valence-corrected chi connectivity index (χ1v) is 10.4. The van der Waals surface area contributed by atoms with Crippen LogP contribution in [-0.2, 0) is 18.8 Å². The van der Waals surface area contributed by atoms with Gasteiger partial charge in [0.25, 0.3) is 5.89 Å². The fourth-order valence-electron chi connectivity index (χ4n) is 3.51. The molecule has 0 saturated heterocycles. The topological polar surface area (TPSA) is 116 Å². The van der Waals surface area contributed by atoms with Crippen molar-refractivity contribution in [1.29, 1.82) is 0 Å². The predicted molar refractivity (Wildman–Crippen MR) is 117 cm³/mol. The summed E-state index contributed by atoms with van der Waals surface area (Å²) in [6.45, 7) is 3.29. The van der Waals surface area contributed by atoms with Crippen LogP contribution in [0.15, 0.2) is 46.9 Å². The molecule has 2 heterocycles. The van der Waals surface area contributed by atoms with Crippen molar-refractivity contribution >= 4 is 17.6 Å². The van der Waals surface area contributed by atoms with E-state index in [2.05, 4.69) is 20.4 Å². The third kappa shape index (κ3) is 4.69. The van der Waals surface area contributed by atoms with Crippen molar-refractivity contribution < 1.29 is 32.2 Å². The number of aromatic carboxylic acids is 1. The van der Waals surface area contributed by atoms with E-state index in [9.17, 15) is 18.0 Å². The van der Waals surface area contributed by atoms with Gasteiger partial charge in [0.2, 0.25) is 0 Å². The van der Waals surface area contributed by atoms with Crippen molar-refractivity contribution in [2.24, 2.45) is 7.05 Å². The van der Waals surface area contributed by atoms with E-state index in [1.54, 1.807) is 13.8 Å². The van der Waals surface area contributed by atoms with E-state index in [-0.39, 0.29) is 34.4 Å². The summed E-state index contributed by atoms with van der Waals surface area (Å²) in [6, 6.07) is 9.57. The Bertz CT molecular complexity index is 1410. The molecule has 35 heavy (non-hydrogen) atoms. The van der Waals surface area contributed by atoms with Gasteiger partial charge in [0.1, 0.15) is 5.75 Å². The number of ether oxygens (including phenoxy) is 1. The smallest absolute Gasteiger partial charge is 0.417 e. The van der Waals surface area contributed by atoms with Crippen molar-refractivity contribution in [3.63, 3.8) is 0 Å². The number of carboxylic acids is 1. The summed E-state index contributed by atoms with van der Waals surface area (Å²) in [5.74, 6) is -1.74. The molecule has 13 heteroatoms. The maximum Gasteiger partial charge on any atom is 0.417 e. The normalized spacial score (nSPS) is 12.1. The summed E-state index contributed by atoms with van der Waals surface area (Å²) < 4.78 is 53.3. The van der Waals surface area contributed by atoms with Gasteiger partial charge in [0.05, 0.1) is 11.1 Å². The molecule has 0 aliphatic rings. The quantitative estimate of drug-likeness (QED) is 0.378. The zero-order chi connectivity index (χ0) is 25.5. The number of nitrogens with zero attached hydrogens (tertiary/aromatic N) is 5. The van der Waals surface area contributed by atoms with Crippen molar-refractivity contribution in [2.75, 3.05) is 0 Å². The molecule has 2 aromatic heterocycles. The summed E-state index contributed by atoms with van der Waals surface area (Å²) in [5, 5.41) is 24.6. The Hall–Kier alpha value is -3.93. The van der Waals surface area contributed by atoms with Gasteiger partial charge in [-0.15, -0.1) is 20.4 Å². The molecule has 4 rings (SSSR count). The lowest BCUT2D eigenvalue weighted by molar-refractivity contribution is -0.137. The molecule has 0 saturated carbocycles. The van der Waals surface area contributed by atoms with Crippen LogP contribution in [0.4, 0.5) is 13.2 Å². The molecule has 0 bridgehead atoms. The van der Waals surface area contributed by atoms with Crippen LogP contribution < -0.4 is 4.74 Å². The average molecular weight is 508 g/mol. The first-order valence-electron chi connectivity index (χ1n) is 10.0. The highest BCUT2D eigenvalue weighted by molar-refractivity contribution is 6.30. The zero-order valence-corrected chi connectivity index (χ0v) is 19.2. The lowest BCUT2D eigenvalue weighted by Crippen LogP contribution is -2.29. The lowest BCUT2D eigenvalue weighted by atomic mass is 10.1. The third-order valence-electron chi connectivity index (χ3n) is 5.03. The van der Waals surface area contributed by atoms with Crippen LogP contribution in [0.25, 0.3) is 22.8 Å². The highest BCUT2D eigenvalue weighted by Crippen LogP contribution is 2.39. The molecule has 0 amide bonds.